The van der Waals surface area contributed by atoms with Crippen LogP contribution in [0.3, 0.4) is 0 Å². The maximum atomic E-state index is 4.44. The lowest BCUT2D eigenvalue weighted by atomic mass is 9.87. The first kappa shape index (κ1) is 22.0. The average molecular weight is 469 g/mol. The molecule has 0 radical (unpaired) electrons. The largest absolute Gasteiger partial charge is 0.354 e. The van der Waals surface area contributed by atoms with Crippen molar-refractivity contribution in [3.63, 3.8) is 0 Å². The van der Waals surface area contributed by atoms with Gasteiger partial charge in [-0.05, 0) is 80.1 Å². The maximum absolute atomic E-state index is 4.44. The van der Waals surface area contributed by atoms with E-state index < -0.39 is 0 Å². The molecule has 5 aromatic rings. The minimum absolute atomic E-state index is 0.405. The summed E-state index contributed by atoms with van der Waals surface area (Å²) in [6, 6.07) is 11.4. The molecule has 180 valence electrons. The van der Waals surface area contributed by atoms with Crippen LogP contribution in [0.1, 0.15) is 61.2 Å². The Morgan fingerprint density at radius 2 is 1.94 bits per heavy atom. The normalized spacial score (nSPS) is 15.7. The summed E-state index contributed by atoms with van der Waals surface area (Å²) in [6.07, 6.45) is 6.11. The van der Waals surface area contributed by atoms with Crippen LogP contribution in [0, 0.1) is 6.92 Å². The highest BCUT2D eigenvalue weighted by molar-refractivity contribution is 5.92. The van der Waals surface area contributed by atoms with Gasteiger partial charge in [0, 0.05) is 29.7 Å². The van der Waals surface area contributed by atoms with Crippen molar-refractivity contribution < 1.29 is 0 Å². The molecular formula is C27H32N8. The molecule has 0 atom stereocenters. The summed E-state index contributed by atoms with van der Waals surface area (Å²) in [5.74, 6) is 1.90. The lowest BCUT2D eigenvalue weighted by Gasteiger charge is -2.31. The Hall–Kier alpha value is -3.52. The summed E-state index contributed by atoms with van der Waals surface area (Å²) < 4.78 is 3.62. The number of pyridine rings is 1. The predicted octanol–water partition coefficient (Wildman–Crippen LogP) is 4.82. The third-order valence-electron chi connectivity index (χ3n) is 7.40. The second-order valence-electron chi connectivity index (χ2n) is 10.2. The van der Waals surface area contributed by atoms with Crippen molar-refractivity contribution >= 4 is 16.4 Å². The molecule has 6 rings (SSSR count). The van der Waals surface area contributed by atoms with E-state index in [1.165, 1.54) is 33.3 Å². The van der Waals surface area contributed by atoms with Gasteiger partial charge in [-0.25, -0.2) is 9.50 Å². The predicted molar refractivity (Wildman–Crippen MR) is 137 cm³/mol. The number of aromatic amines is 1. The van der Waals surface area contributed by atoms with E-state index in [2.05, 4.69) is 74.5 Å². The van der Waals surface area contributed by atoms with Crippen LogP contribution in [0.5, 0.6) is 0 Å². The number of hydrogen-bond acceptors (Lipinski definition) is 5. The van der Waals surface area contributed by atoms with Gasteiger partial charge in [0.2, 0.25) is 0 Å². The summed E-state index contributed by atoms with van der Waals surface area (Å²) in [4.78, 5) is 10.6. The molecule has 1 N–H and O–H groups in total. The van der Waals surface area contributed by atoms with Gasteiger partial charge in [-0.3, -0.25) is 9.58 Å². The lowest BCUT2D eigenvalue weighted by Crippen LogP contribution is -2.32. The van der Waals surface area contributed by atoms with E-state index in [0.717, 1.165) is 49.5 Å². The van der Waals surface area contributed by atoms with Gasteiger partial charge in [0.25, 0.3) is 0 Å². The fourth-order valence-electron chi connectivity index (χ4n) is 5.56. The van der Waals surface area contributed by atoms with E-state index in [4.69, 9.17) is 0 Å². The molecule has 8 heteroatoms. The van der Waals surface area contributed by atoms with Crippen molar-refractivity contribution in [3.8, 4) is 11.3 Å². The Bertz CT molecular complexity index is 1500. The molecule has 4 aromatic heterocycles. The number of benzene rings is 1. The number of likely N-dealkylation sites (tertiary alicyclic amines) is 1. The van der Waals surface area contributed by atoms with Crippen molar-refractivity contribution in [2.24, 2.45) is 7.05 Å². The number of rotatable bonds is 5. The first-order valence-corrected chi connectivity index (χ1v) is 12.5. The Balaban J connectivity index is 1.29. The van der Waals surface area contributed by atoms with Crippen molar-refractivity contribution in [1.29, 1.82) is 0 Å². The number of piperidine rings is 1. The minimum atomic E-state index is 0.405. The third kappa shape index (κ3) is 4.01. The van der Waals surface area contributed by atoms with Gasteiger partial charge in [0.1, 0.15) is 6.33 Å². The first-order valence-electron chi connectivity index (χ1n) is 12.5. The number of nitrogens with zero attached hydrogens (tertiary/aromatic N) is 7. The maximum Gasteiger partial charge on any atom is 0.164 e. The molecule has 1 aliphatic rings. The molecule has 1 saturated heterocycles. The number of aromatic nitrogens is 7. The molecule has 0 unspecified atom stereocenters. The monoisotopic (exact) mass is 468 g/mol. The number of nitrogens with one attached hydrogen (secondary N) is 1. The van der Waals surface area contributed by atoms with Gasteiger partial charge in [-0.15, -0.1) is 5.10 Å². The molecule has 5 heterocycles. The van der Waals surface area contributed by atoms with Crippen molar-refractivity contribution in [3.05, 3.63) is 65.5 Å². The number of aryl methyl sites for hydroxylation is 2. The second-order valence-corrected chi connectivity index (χ2v) is 10.2. The lowest BCUT2D eigenvalue weighted by molar-refractivity contribution is 0.200. The summed E-state index contributed by atoms with van der Waals surface area (Å²) >= 11 is 0. The Morgan fingerprint density at radius 1 is 1.11 bits per heavy atom. The van der Waals surface area contributed by atoms with E-state index in [9.17, 15) is 0 Å². The standard InChI is InChI=1S/C27H32N8/c1-17(2)26-22-13-20(19-7-10-34(11-8-19)15-25-28-16-33(4)31-25)5-6-23(22)29-27(26)21-9-12-35-24(14-21)18(3)30-32-35/h5-6,9,12-14,16-17,19,29H,7-8,10-11,15H2,1-4H3. The number of H-pyrrole nitrogens is 1. The van der Waals surface area contributed by atoms with Crippen LogP contribution < -0.4 is 0 Å². The summed E-state index contributed by atoms with van der Waals surface area (Å²) in [5.41, 5.74) is 8.41. The molecule has 0 bridgehead atoms. The fraction of sp³-hybridized carbons (Fsp3) is 0.407. The average Bonchev–Trinajstić information content (AvgIpc) is 3.55. The van der Waals surface area contributed by atoms with Crippen molar-refractivity contribution in [2.45, 2.75) is 52.0 Å². The van der Waals surface area contributed by atoms with Gasteiger partial charge >= 0.3 is 0 Å². The van der Waals surface area contributed by atoms with Crippen LogP contribution in [0.25, 0.3) is 27.7 Å². The zero-order valence-electron chi connectivity index (χ0n) is 20.9. The highest BCUT2D eigenvalue weighted by atomic mass is 15.4. The van der Waals surface area contributed by atoms with Crippen molar-refractivity contribution in [2.75, 3.05) is 13.1 Å². The quantitative estimate of drug-likeness (QED) is 0.400. The SMILES string of the molecule is Cc1nnn2ccc(-c3[nH]c4ccc(C5CCN(Cc6ncn(C)n6)CC5)cc4c3C(C)C)cc12. The van der Waals surface area contributed by atoms with Crippen LogP contribution in [-0.2, 0) is 13.6 Å². The van der Waals surface area contributed by atoms with E-state index in [1.807, 2.05) is 24.7 Å². The molecule has 1 fully saturated rings. The molecule has 0 aliphatic carbocycles. The molecule has 1 aromatic carbocycles. The molecule has 0 amide bonds. The van der Waals surface area contributed by atoms with Crippen LogP contribution in [0.2, 0.25) is 0 Å². The Kier molecular flexibility index (Phi) is 5.40. The first-order chi connectivity index (χ1) is 17.0. The third-order valence-corrected chi connectivity index (χ3v) is 7.40. The summed E-state index contributed by atoms with van der Waals surface area (Å²) in [5, 5.41) is 14.2. The summed E-state index contributed by atoms with van der Waals surface area (Å²) in [6.45, 7) is 9.57. The van der Waals surface area contributed by atoms with Gasteiger partial charge < -0.3 is 4.98 Å². The molecule has 0 spiro atoms. The van der Waals surface area contributed by atoms with Gasteiger partial charge in [-0.1, -0.05) is 25.1 Å². The van der Waals surface area contributed by atoms with Gasteiger partial charge in [0.15, 0.2) is 5.82 Å². The van der Waals surface area contributed by atoms with Crippen LogP contribution in [0.4, 0.5) is 0 Å². The molecule has 1 aliphatic heterocycles. The minimum Gasteiger partial charge on any atom is -0.354 e. The highest BCUT2D eigenvalue weighted by Gasteiger charge is 2.23. The second kappa shape index (κ2) is 8.61. The molecule has 0 saturated carbocycles. The van der Waals surface area contributed by atoms with Gasteiger partial charge in [-0.2, -0.15) is 5.10 Å². The van der Waals surface area contributed by atoms with E-state index in [0.29, 0.717) is 11.8 Å². The molecule has 8 nitrogen and oxygen atoms in total. The van der Waals surface area contributed by atoms with Crippen molar-refractivity contribution in [1.82, 2.24) is 39.5 Å². The number of hydrogen-bond donors (Lipinski definition) is 1. The zero-order valence-corrected chi connectivity index (χ0v) is 20.9. The Labute approximate surface area is 205 Å². The zero-order chi connectivity index (χ0) is 24.1. The Morgan fingerprint density at radius 3 is 2.69 bits per heavy atom. The smallest absolute Gasteiger partial charge is 0.164 e. The van der Waals surface area contributed by atoms with Gasteiger partial charge in [0.05, 0.1) is 23.4 Å². The van der Waals surface area contributed by atoms with Crippen LogP contribution >= 0.6 is 0 Å². The van der Waals surface area contributed by atoms with E-state index in [-0.39, 0.29) is 0 Å². The van der Waals surface area contributed by atoms with Crippen LogP contribution in [0.15, 0.2) is 42.9 Å². The van der Waals surface area contributed by atoms with E-state index >= 15 is 0 Å². The molecule has 35 heavy (non-hydrogen) atoms. The van der Waals surface area contributed by atoms with Crippen LogP contribution in [-0.4, -0.2) is 52.6 Å². The topological polar surface area (TPSA) is 79.9 Å². The molecular weight excluding hydrogens is 436 g/mol. The summed E-state index contributed by atoms with van der Waals surface area (Å²) in [7, 11) is 1.92. The number of fused-ring (bicyclic) bond motifs is 2. The van der Waals surface area contributed by atoms with E-state index in [1.54, 1.807) is 11.0 Å². The fourth-order valence-corrected chi connectivity index (χ4v) is 5.56. The highest BCUT2D eigenvalue weighted by Crippen LogP contribution is 2.38.